The number of carbonyl (C=O) groups is 2. The van der Waals surface area contributed by atoms with Gasteiger partial charge in [-0.3, -0.25) is 19.8 Å². The van der Waals surface area contributed by atoms with Crippen LogP contribution in [0.4, 0.5) is 0 Å². The predicted molar refractivity (Wildman–Crippen MR) is 64.4 cm³/mol. The molecule has 0 aliphatic carbocycles. The minimum Gasteiger partial charge on any atom is -0.468 e. The molecule has 2 heterocycles. The molecule has 3 unspecified atom stereocenters. The summed E-state index contributed by atoms with van der Waals surface area (Å²) >= 11 is 0. The van der Waals surface area contributed by atoms with Crippen molar-refractivity contribution in [1.82, 2.24) is 10.2 Å². The summed E-state index contributed by atoms with van der Waals surface area (Å²) in [5, 5.41) is 2.31. The van der Waals surface area contributed by atoms with Crippen molar-refractivity contribution >= 4 is 11.8 Å². The molecule has 0 aromatic carbocycles. The molecule has 0 spiro atoms. The van der Waals surface area contributed by atoms with Gasteiger partial charge in [0, 0.05) is 6.04 Å². The minimum atomic E-state index is -0.413. The molecule has 2 amide bonds. The Labute approximate surface area is 105 Å². The number of rotatable bonds is 3. The van der Waals surface area contributed by atoms with Crippen LogP contribution in [0.25, 0.3) is 0 Å². The van der Waals surface area contributed by atoms with Gasteiger partial charge in [-0.2, -0.15) is 0 Å². The lowest BCUT2D eigenvalue weighted by Crippen LogP contribution is -2.59. The number of furan rings is 1. The molecule has 0 radical (unpaired) electrons. The van der Waals surface area contributed by atoms with Crippen molar-refractivity contribution < 1.29 is 14.0 Å². The molecule has 1 fully saturated rings. The highest BCUT2D eigenvalue weighted by Crippen LogP contribution is 2.27. The smallest absolute Gasteiger partial charge is 0.243 e. The van der Waals surface area contributed by atoms with Crippen LogP contribution in [0.3, 0.4) is 0 Å². The van der Waals surface area contributed by atoms with Gasteiger partial charge in [-0.1, -0.05) is 0 Å². The second-order valence-electron chi connectivity index (χ2n) is 4.58. The van der Waals surface area contributed by atoms with E-state index in [-0.39, 0.29) is 30.4 Å². The Morgan fingerprint density at radius 1 is 1.56 bits per heavy atom. The first-order valence-corrected chi connectivity index (χ1v) is 5.89. The van der Waals surface area contributed by atoms with E-state index in [1.54, 1.807) is 30.2 Å². The van der Waals surface area contributed by atoms with Gasteiger partial charge in [0.25, 0.3) is 0 Å². The van der Waals surface area contributed by atoms with Gasteiger partial charge in [0.05, 0.1) is 24.9 Å². The summed E-state index contributed by atoms with van der Waals surface area (Å²) in [6.45, 7) is 3.72. The van der Waals surface area contributed by atoms with E-state index in [9.17, 15) is 9.59 Å². The van der Waals surface area contributed by atoms with E-state index in [0.717, 1.165) is 0 Å². The molecule has 98 valence electrons. The van der Waals surface area contributed by atoms with Crippen LogP contribution < -0.4 is 11.1 Å². The van der Waals surface area contributed by atoms with Crippen molar-refractivity contribution in [2.24, 2.45) is 5.73 Å². The summed E-state index contributed by atoms with van der Waals surface area (Å²) in [6, 6.07) is 2.62. The summed E-state index contributed by atoms with van der Waals surface area (Å²) in [5.41, 5.74) is 5.97. The van der Waals surface area contributed by atoms with Gasteiger partial charge in [-0.05, 0) is 26.0 Å². The number of nitrogens with zero attached hydrogens (tertiary/aromatic N) is 1. The fraction of sp³-hybridized carbons (Fsp3) is 0.500. The average Bonchev–Trinajstić information content (AvgIpc) is 2.78. The Hall–Kier alpha value is -1.66. The third-order valence-corrected chi connectivity index (χ3v) is 3.16. The molecular weight excluding hydrogens is 234 g/mol. The summed E-state index contributed by atoms with van der Waals surface area (Å²) in [5.74, 6) is 0.0538. The van der Waals surface area contributed by atoms with Crippen LogP contribution in [0.15, 0.2) is 22.8 Å². The Bertz CT molecular complexity index is 441. The second kappa shape index (κ2) is 4.91. The quantitative estimate of drug-likeness (QED) is 0.739. The number of imide groups is 1. The largest absolute Gasteiger partial charge is 0.468 e. The van der Waals surface area contributed by atoms with E-state index in [2.05, 4.69) is 5.32 Å². The Balaban J connectivity index is 2.30. The molecule has 2 rings (SSSR count). The zero-order chi connectivity index (χ0) is 13.3. The zero-order valence-corrected chi connectivity index (χ0v) is 10.4. The van der Waals surface area contributed by atoms with E-state index >= 15 is 0 Å². The molecule has 1 aromatic heterocycles. The highest BCUT2D eigenvalue weighted by Gasteiger charge is 2.38. The number of hydrogen-bond acceptors (Lipinski definition) is 5. The highest BCUT2D eigenvalue weighted by molar-refractivity contribution is 6.00. The van der Waals surface area contributed by atoms with E-state index in [1.807, 2.05) is 6.92 Å². The first-order chi connectivity index (χ1) is 8.50. The molecule has 1 aliphatic rings. The van der Waals surface area contributed by atoms with E-state index in [0.29, 0.717) is 5.76 Å². The number of piperazine rings is 1. The number of amides is 2. The van der Waals surface area contributed by atoms with Crippen molar-refractivity contribution in [3.05, 3.63) is 24.2 Å². The maximum atomic E-state index is 11.7. The first kappa shape index (κ1) is 12.8. The first-order valence-electron chi connectivity index (χ1n) is 5.89. The minimum absolute atomic E-state index is 0.139. The summed E-state index contributed by atoms with van der Waals surface area (Å²) in [4.78, 5) is 24.9. The molecular formula is C12H17N3O3. The van der Waals surface area contributed by atoms with E-state index in [4.69, 9.17) is 10.2 Å². The van der Waals surface area contributed by atoms with Crippen LogP contribution in [0.5, 0.6) is 0 Å². The molecule has 3 atom stereocenters. The summed E-state index contributed by atoms with van der Waals surface area (Å²) in [6.07, 6.45) is 1.56. The molecule has 18 heavy (non-hydrogen) atoms. The Morgan fingerprint density at radius 3 is 2.83 bits per heavy atom. The SMILES string of the molecule is CC(N)C(c1ccco1)N1CC(=O)NC(=O)C1C. The highest BCUT2D eigenvalue weighted by atomic mass is 16.3. The number of nitrogens with two attached hydrogens (primary N) is 1. The molecule has 3 N–H and O–H groups in total. The molecule has 6 nitrogen and oxygen atoms in total. The third kappa shape index (κ3) is 2.30. The lowest BCUT2D eigenvalue weighted by Gasteiger charge is -2.38. The fourth-order valence-corrected chi connectivity index (χ4v) is 2.26. The Kier molecular flexibility index (Phi) is 3.49. The standard InChI is InChI=1S/C12H17N3O3/c1-7(13)11(9-4-3-5-18-9)15-6-10(16)14-12(17)8(15)2/h3-5,7-8,11H,6,13H2,1-2H3,(H,14,16,17). The maximum Gasteiger partial charge on any atom is 0.243 e. The van der Waals surface area contributed by atoms with Gasteiger partial charge in [-0.15, -0.1) is 0 Å². The lowest BCUT2D eigenvalue weighted by molar-refractivity contribution is -0.141. The van der Waals surface area contributed by atoms with Crippen LogP contribution in [0.2, 0.25) is 0 Å². The Morgan fingerprint density at radius 2 is 2.28 bits per heavy atom. The van der Waals surface area contributed by atoms with Gasteiger partial charge in [0.1, 0.15) is 5.76 Å². The molecule has 1 aromatic rings. The van der Waals surface area contributed by atoms with Crippen LogP contribution in [0, 0.1) is 0 Å². The molecule has 1 saturated heterocycles. The van der Waals surface area contributed by atoms with Crippen LogP contribution in [-0.4, -0.2) is 35.3 Å². The van der Waals surface area contributed by atoms with Gasteiger partial charge in [0.15, 0.2) is 0 Å². The second-order valence-corrected chi connectivity index (χ2v) is 4.58. The number of carbonyl (C=O) groups excluding carboxylic acids is 2. The molecule has 0 bridgehead atoms. The summed E-state index contributed by atoms with van der Waals surface area (Å²) < 4.78 is 5.36. The van der Waals surface area contributed by atoms with Crippen LogP contribution >= 0.6 is 0 Å². The normalized spacial score (nSPS) is 24.7. The van der Waals surface area contributed by atoms with Crippen molar-refractivity contribution in [2.75, 3.05) is 6.54 Å². The van der Waals surface area contributed by atoms with E-state index in [1.165, 1.54) is 0 Å². The van der Waals surface area contributed by atoms with E-state index < -0.39 is 6.04 Å². The van der Waals surface area contributed by atoms with Gasteiger partial charge >= 0.3 is 0 Å². The summed E-state index contributed by atoms with van der Waals surface area (Å²) in [7, 11) is 0. The van der Waals surface area contributed by atoms with Crippen molar-refractivity contribution in [2.45, 2.75) is 32.0 Å². The van der Waals surface area contributed by atoms with Gasteiger partial charge in [-0.25, -0.2) is 0 Å². The molecule has 6 heteroatoms. The van der Waals surface area contributed by atoms with Crippen molar-refractivity contribution in [1.29, 1.82) is 0 Å². The number of hydrogen-bond donors (Lipinski definition) is 2. The van der Waals surface area contributed by atoms with Gasteiger partial charge < -0.3 is 10.2 Å². The third-order valence-electron chi connectivity index (χ3n) is 3.16. The maximum absolute atomic E-state index is 11.7. The van der Waals surface area contributed by atoms with Crippen LogP contribution in [0.1, 0.15) is 25.6 Å². The van der Waals surface area contributed by atoms with Gasteiger partial charge in [0.2, 0.25) is 11.8 Å². The fourth-order valence-electron chi connectivity index (χ4n) is 2.26. The van der Waals surface area contributed by atoms with Crippen molar-refractivity contribution in [3.63, 3.8) is 0 Å². The van der Waals surface area contributed by atoms with Crippen LogP contribution in [-0.2, 0) is 9.59 Å². The predicted octanol–water partition coefficient (Wildman–Crippen LogP) is 0.0148. The van der Waals surface area contributed by atoms with Crippen molar-refractivity contribution in [3.8, 4) is 0 Å². The zero-order valence-electron chi connectivity index (χ0n) is 10.4. The topological polar surface area (TPSA) is 88.6 Å². The molecule has 1 aliphatic heterocycles. The average molecular weight is 251 g/mol. The monoisotopic (exact) mass is 251 g/mol. The lowest BCUT2D eigenvalue weighted by atomic mass is 10.0. The molecule has 0 saturated carbocycles. The number of nitrogens with one attached hydrogen (secondary N) is 1.